The summed E-state index contributed by atoms with van der Waals surface area (Å²) in [6, 6.07) is 0. The molecule has 1 aliphatic carbocycles. The fourth-order valence-electron chi connectivity index (χ4n) is 2.69. The van der Waals surface area contributed by atoms with Gasteiger partial charge in [0.1, 0.15) is 6.10 Å². The van der Waals surface area contributed by atoms with E-state index in [0.717, 1.165) is 25.7 Å². The van der Waals surface area contributed by atoms with Crippen LogP contribution in [0, 0.1) is 5.92 Å². The van der Waals surface area contributed by atoms with Crippen LogP contribution in [0.4, 0.5) is 13.2 Å². The molecule has 2 atom stereocenters. The highest BCUT2D eigenvalue weighted by Gasteiger charge is 2.39. The van der Waals surface area contributed by atoms with Crippen molar-refractivity contribution in [3.05, 3.63) is 11.7 Å². The van der Waals surface area contributed by atoms with Crippen LogP contribution in [-0.4, -0.2) is 34.6 Å². The SMILES string of the molecule is COC(c1noc(CC(O)C(F)(F)F)n1)C1CCCCC1. The van der Waals surface area contributed by atoms with E-state index >= 15 is 0 Å². The molecule has 21 heavy (non-hydrogen) atoms. The molecular weight excluding hydrogens is 289 g/mol. The Morgan fingerprint density at radius 3 is 2.57 bits per heavy atom. The van der Waals surface area contributed by atoms with Crippen molar-refractivity contribution in [2.24, 2.45) is 5.92 Å². The van der Waals surface area contributed by atoms with Crippen LogP contribution in [0.25, 0.3) is 0 Å². The number of alkyl halides is 3. The van der Waals surface area contributed by atoms with Crippen molar-refractivity contribution < 1.29 is 27.5 Å². The number of methoxy groups -OCH3 is 1. The predicted molar refractivity (Wildman–Crippen MR) is 66.4 cm³/mol. The summed E-state index contributed by atoms with van der Waals surface area (Å²) in [5.41, 5.74) is 0. The van der Waals surface area contributed by atoms with Crippen molar-refractivity contribution in [1.29, 1.82) is 0 Å². The Labute approximate surface area is 120 Å². The molecule has 2 rings (SSSR count). The molecule has 120 valence electrons. The number of hydrogen-bond acceptors (Lipinski definition) is 5. The largest absolute Gasteiger partial charge is 0.414 e. The normalized spacial score (nSPS) is 20.4. The van der Waals surface area contributed by atoms with E-state index in [1.165, 1.54) is 13.5 Å². The van der Waals surface area contributed by atoms with Crippen molar-refractivity contribution >= 4 is 0 Å². The van der Waals surface area contributed by atoms with E-state index in [2.05, 4.69) is 10.1 Å². The van der Waals surface area contributed by atoms with Crippen molar-refractivity contribution in [2.75, 3.05) is 7.11 Å². The molecule has 1 heterocycles. The zero-order valence-electron chi connectivity index (χ0n) is 11.8. The molecule has 1 fully saturated rings. The molecule has 0 aliphatic heterocycles. The van der Waals surface area contributed by atoms with Crippen molar-refractivity contribution in [3.8, 4) is 0 Å². The Kier molecular flexibility index (Phi) is 5.21. The van der Waals surface area contributed by atoms with E-state index < -0.39 is 18.7 Å². The second kappa shape index (κ2) is 6.74. The second-order valence-electron chi connectivity index (χ2n) is 5.36. The molecule has 0 saturated heterocycles. The van der Waals surface area contributed by atoms with Gasteiger partial charge in [-0.1, -0.05) is 24.4 Å². The number of aliphatic hydroxyl groups excluding tert-OH is 1. The van der Waals surface area contributed by atoms with Crippen LogP contribution in [0.2, 0.25) is 0 Å². The minimum Gasteiger partial charge on any atom is -0.383 e. The zero-order chi connectivity index (χ0) is 15.5. The molecule has 1 aromatic heterocycles. The van der Waals surface area contributed by atoms with Crippen molar-refractivity contribution in [1.82, 2.24) is 10.1 Å². The lowest BCUT2D eigenvalue weighted by molar-refractivity contribution is -0.204. The number of aliphatic hydroxyl groups is 1. The molecule has 1 aromatic rings. The number of aromatic nitrogens is 2. The van der Waals surface area contributed by atoms with Gasteiger partial charge in [0.2, 0.25) is 11.7 Å². The standard InChI is InChI=1S/C13H19F3N2O3/c1-20-11(8-5-3-2-4-6-8)12-17-10(21-18-12)7-9(19)13(14,15)16/h8-9,11,19H,2-7H2,1H3. The minimum absolute atomic E-state index is 0.229. The first-order valence-corrected chi connectivity index (χ1v) is 7.02. The van der Waals surface area contributed by atoms with Crippen LogP contribution in [0.5, 0.6) is 0 Å². The van der Waals surface area contributed by atoms with E-state index in [1.807, 2.05) is 0 Å². The van der Waals surface area contributed by atoms with E-state index in [9.17, 15) is 13.2 Å². The van der Waals surface area contributed by atoms with E-state index in [4.69, 9.17) is 14.4 Å². The Morgan fingerprint density at radius 2 is 2.00 bits per heavy atom. The number of halogens is 3. The first-order chi connectivity index (χ1) is 9.91. The molecule has 0 radical (unpaired) electrons. The lowest BCUT2D eigenvalue weighted by atomic mass is 9.85. The van der Waals surface area contributed by atoms with Gasteiger partial charge >= 0.3 is 6.18 Å². The quantitative estimate of drug-likeness (QED) is 0.906. The molecule has 8 heteroatoms. The average molecular weight is 308 g/mol. The van der Waals surface area contributed by atoms with Crippen molar-refractivity contribution in [3.63, 3.8) is 0 Å². The summed E-state index contributed by atoms with van der Waals surface area (Å²) in [7, 11) is 1.53. The molecule has 0 spiro atoms. The van der Waals surface area contributed by atoms with Gasteiger partial charge in [0.05, 0.1) is 6.42 Å². The summed E-state index contributed by atoms with van der Waals surface area (Å²) in [4.78, 5) is 3.95. The highest BCUT2D eigenvalue weighted by atomic mass is 19.4. The molecule has 5 nitrogen and oxygen atoms in total. The molecule has 0 amide bonds. The topological polar surface area (TPSA) is 68.4 Å². The van der Waals surface area contributed by atoms with E-state index in [-0.39, 0.29) is 23.7 Å². The summed E-state index contributed by atoms with van der Waals surface area (Å²) < 4.78 is 47.1. The molecule has 0 bridgehead atoms. The van der Waals surface area contributed by atoms with Crippen LogP contribution in [0.3, 0.4) is 0 Å². The van der Waals surface area contributed by atoms with Gasteiger partial charge in [-0.05, 0) is 18.8 Å². The third-order valence-corrected chi connectivity index (χ3v) is 3.82. The molecule has 1 aliphatic rings. The fourth-order valence-corrected chi connectivity index (χ4v) is 2.69. The van der Waals surface area contributed by atoms with Gasteiger partial charge in [-0.25, -0.2) is 0 Å². The van der Waals surface area contributed by atoms with Gasteiger partial charge in [0, 0.05) is 7.11 Å². The minimum atomic E-state index is -4.70. The van der Waals surface area contributed by atoms with Gasteiger partial charge < -0.3 is 14.4 Å². The average Bonchev–Trinajstić information content (AvgIpc) is 2.88. The maximum Gasteiger partial charge on any atom is 0.414 e. The van der Waals surface area contributed by atoms with E-state index in [1.54, 1.807) is 0 Å². The maximum atomic E-state index is 12.3. The molecule has 1 N–H and O–H groups in total. The zero-order valence-corrected chi connectivity index (χ0v) is 11.8. The summed E-state index contributed by atoms with van der Waals surface area (Å²) in [5, 5.41) is 12.7. The Balaban J connectivity index is 2.03. The van der Waals surface area contributed by atoms with Gasteiger partial charge in [0.15, 0.2) is 6.10 Å². The molecule has 1 saturated carbocycles. The monoisotopic (exact) mass is 308 g/mol. The van der Waals surface area contributed by atoms with Gasteiger partial charge in [-0.2, -0.15) is 18.2 Å². The molecule has 2 unspecified atom stereocenters. The highest BCUT2D eigenvalue weighted by Crippen LogP contribution is 2.35. The molecular formula is C13H19F3N2O3. The smallest absolute Gasteiger partial charge is 0.383 e. The van der Waals surface area contributed by atoms with Gasteiger partial charge in [0.25, 0.3) is 0 Å². The van der Waals surface area contributed by atoms with Crippen LogP contribution in [-0.2, 0) is 11.2 Å². The van der Waals surface area contributed by atoms with Crippen molar-refractivity contribution in [2.45, 2.75) is 56.9 Å². The summed E-state index contributed by atoms with van der Waals surface area (Å²) >= 11 is 0. The van der Waals surface area contributed by atoms with Crippen LogP contribution < -0.4 is 0 Å². The van der Waals surface area contributed by atoms with Crippen LogP contribution >= 0.6 is 0 Å². The Hall–Kier alpha value is -1.15. The predicted octanol–water partition coefficient (Wildman–Crippen LogP) is 2.80. The number of ether oxygens (including phenoxy) is 1. The third kappa shape index (κ3) is 4.16. The Bertz CT molecular complexity index is 444. The van der Waals surface area contributed by atoms with E-state index in [0.29, 0.717) is 0 Å². The number of nitrogens with zero attached hydrogens (tertiary/aromatic N) is 2. The highest BCUT2D eigenvalue weighted by molar-refractivity contribution is 4.96. The molecule has 0 aromatic carbocycles. The fraction of sp³-hybridized carbons (Fsp3) is 0.846. The summed E-state index contributed by atoms with van der Waals surface area (Å²) in [6.45, 7) is 0. The lowest BCUT2D eigenvalue weighted by Gasteiger charge is -2.26. The summed E-state index contributed by atoms with van der Waals surface area (Å²) in [5.74, 6) is 0.281. The number of hydrogen-bond donors (Lipinski definition) is 1. The third-order valence-electron chi connectivity index (χ3n) is 3.82. The summed E-state index contributed by atoms with van der Waals surface area (Å²) in [6.07, 6.45) is -2.96. The van der Waals surface area contributed by atoms with Gasteiger partial charge in [-0.15, -0.1) is 0 Å². The van der Waals surface area contributed by atoms with Gasteiger partial charge in [-0.3, -0.25) is 0 Å². The first-order valence-electron chi connectivity index (χ1n) is 7.02. The van der Waals surface area contributed by atoms with Crippen LogP contribution in [0.15, 0.2) is 4.52 Å². The second-order valence-corrected chi connectivity index (χ2v) is 5.36. The number of rotatable bonds is 5. The Morgan fingerprint density at radius 1 is 1.33 bits per heavy atom. The maximum absolute atomic E-state index is 12.3. The lowest BCUT2D eigenvalue weighted by Crippen LogP contribution is -2.30. The first kappa shape index (κ1) is 16.2. The van der Waals surface area contributed by atoms with Crippen LogP contribution in [0.1, 0.15) is 49.9 Å².